The first-order valence-electron chi connectivity index (χ1n) is 9.50. The van der Waals surface area contributed by atoms with Gasteiger partial charge in [0.15, 0.2) is 0 Å². The molecule has 0 saturated heterocycles. The Kier molecular flexibility index (Phi) is 6.61. The quantitative estimate of drug-likeness (QED) is 0.694. The number of nitrogens with zero attached hydrogens (tertiary/aromatic N) is 1. The summed E-state index contributed by atoms with van der Waals surface area (Å²) in [4.78, 5) is 38.8. The number of benzene rings is 2. The zero-order valence-electron chi connectivity index (χ0n) is 16.5. The lowest BCUT2D eigenvalue weighted by Crippen LogP contribution is -2.49. The van der Waals surface area contributed by atoms with Gasteiger partial charge in [-0.1, -0.05) is 42.5 Å². The van der Waals surface area contributed by atoms with Crippen LogP contribution in [0.15, 0.2) is 54.6 Å². The highest BCUT2D eigenvalue weighted by molar-refractivity contribution is 6.21. The molecule has 2 aromatic carbocycles. The molecule has 0 bridgehead atoms. The monoisotopic (exact) mass is 396 g/mol. The molecule has 29 heavy (non-hydrogen) atoms. The first-order chi connectivity index (χ1) is 14.0. The van der Waals surface area contributed by atoms with Crippen molar-refractivity contribution < 1.29 is 23.9 Å². The Morgan fingerprint density at radius 2 is 1.55 bits per heavy atom. The maximum atomic E-state index is 12.8. The minimum Gasteiger partial charge on any atom is -0.445 e. The summed E-state index contributed by atoms with van der Waals surface area (Å²) in [5, 5.41) is 2.63. The summed E-state index contributed by atoms with van der Waals surface area (Å²) in [6.07, 6.45) is -0.710. The predicted octanol–water partition coefficient (Wildman–Crippen LogP) is 3.00. The van der Waals surface area contributed by atoms with E-state index in [1.807, 2.05) is 44.2 Å². The van der Waals surface area contributed by atoms with E-state index in [4.69, 9.17) is 9.47 Å². The van der Waals surface area contributed by atoms with E-state index >= 15 is 0 Å². The van der Waals surface area contributed by atoms with Gasteiger partial charge < -0.3 is 14.8 Å². The van der Waals surface area contributed by atoms with Gasteiger partial charge in [-0.2, -0.15) is 0 Å². The zero-order valence-corrected chi connectivity index (χ0v) is 16.5. The molecule has 152 valence electrons. The molecule has 1 aliphatic rings. The number of imide groups is 1. The molecule has 0 radical (unpaired) electrons. The molecule has 1 atom stereocenters. The molecule has 1 unspecified atom stereocenters. The first kappa shape index (κ1) is 20.5. The minimum atomic E-state index is -0.644. The van der Waals surface area contributed by atoms with Crippen LogP contribution in [-0.2, 0) is 16.1 Å². The molecule has 7 heteroatoms. The largest absolute Gasteiger partial charge is 0.445 e. The Morgan fingerprint density at radius 3 is 2.14 bits per heavy atom. The van der Waals surface area contributed by atoms with E-state index in [2.05, 4.69) is 5.32 Å². The van der Waals surface area contributed by atoms with Crippen molar-refractivity contribution in [2.24, 2.45) is 0 Å². The van der Waals surface area contributed by atoms with Crippen molar-refractivity contribution in [3.8, 4) is 0 Å². The van der Waals surface area contributed by atoms with E-state index in [0.717, 1.165) is 10.5 Å². The van der Waals surface area contributed by atoms with Gasteiger partial charge in [-0.25, -0.2) is 4.79 Å². The normalized spacial score (nSPS) is 14.1. The SMILES string of the molecule is CC(C)OCC(CNC(=O)OCc1ccccc1)N1C(=O)c2ccccc2C1=O. The number of nitrogens with one attached hydrogen (secondary N) is 1. The summed E-state index contributed by atoms with van der Waals surface area (Å²) in [5.41, 5.74) is 1.58. The van der Waals surface area contributed by atoms with Crippen LogP contribution in [0, 0.1) is 0 Å². The minimum absolute atomic E-state index is 0.0335. The highest BCUT2D eigenvalue weighted by Gasteiger charge is 2.40. The van der Waals surface area contributed by atoms with Crippen molar-refractivity contribution in [3.05, 3.63) is 71.3 Å². The molecule has 7 nitrogen and oxygen atoms in total. The molecule has 0 aromatic heterocycles. The highest BCUT2D eigenvalue weighted by atomic mass is 16.5. The van der Waals surface area contributed by atoms with Gasteiger partial charge in [0.05, 0.1) is 29.9 Å². The second-order valence-corrected chi connectivity index (χ2v) is 7.00. The van der Waals surface area contributed by atoms with Crippen molar-refractivity contribution in [1.82, 2.24) is 10.2 Å². The van der Waals surface area contributed by atoms with Crippen molar-refractivity contribution in [3.63, 3.8) is 0 Å². The first-order valence-corrected chi connectivity index (χ1v) is 9.50. The van der Waals surface area contributed by atoms with Gasteiger partial charge >= 0.3 is 6.09 Å². The number of carbonyl (C=O) groups excluding carboxylic acids is 3. The lowest BCUT2D eigenvalue weighted by Gasteiger charge is -2.27. The molecule has 2 aromatic rings. The summed E-state index contributed by atoms with van der Waals surface area (Å²) in [6.45, 7) is 4.00. The van der Waals surface area contributed by atoms with Crippen LogP contribution in [0.4, 0.5) is 4.79 Å². The smallest absolute Gasteiger partial charge is 0.407 e. The number of rotatable bonds is 8. The average molecular weight is 396 g/mol. The van der Waals surface area contributed by atoms with Crippen LogP contribution in [0.2, 0.25) is 0 Å². The number of hydrogen-bond acceptors (Lipinski definition) is 5. The number of fused-ring (bicyclic) bond motifs is 1. The van der Waals surface area contributed by atoms with Gasteiger partial charge in [0.2, 0.25) is 0 Å². The molecule has 3 rings (SSSR count). The third-order valence-corrected chi connectivity index (χ3v) is 4.51. The van der Waals surface area contributed by atoms with Crippen LogP contribution in [0.1, 0.15) is 40.1 Å². The van der Waals surface area contributed by atoms with Crippen molar-refractivity contribution in [2.45, 2.75) is 32.6 Å². The zero-order chi connectivity index (χ0) is 20.8. The Hall–Kier alpha value is -3.19. The number of ether oxygens (including phenoxy) is 2. The Morgan fingerprint density at radius 1 is 0.966 bits per heavy atom. The molecular weight excluding hydrogens is 372 g/mol. The van der Waals surface area contributed by atoms with Crippen LogP contribution >= 0.6 is 0 Å². The summed E-state index contributed by atoms with van der Waals surface area (Å²) < 4.78 is 10.8. The van der Waals surface area contributed by atoms with E-state index < -0.39 is 12.1 Å². The summed E-state index contributed by atoms with van der Waals surface area (Å²) >= 11 is 0. The fourth-order valence-electron chi connectivity index (χ4n) is 3.04. The number of alkyl carbamates (subject to hydrolysis) is 1. The van der Waals surface area contributed by atoms with E-state index in [1.54, 1.807) is 24.3 Å². The number of hydrogen-bond donors (Lipinski definition) is 1. The topological polar surface area (TPSA) is 84.9 Å². The third kappa shape index (κ3) is 5.00. The predicted molar refractivity (Wildman–Crippen MR) is 106 cm³/mol. The molecule has 0 fully saturated rings. The fraction of sp³-hybridized carbons (Fsp3) is 0.318. The van der Waals surface area contributed by atoms with Gasteiger partial charge in [-0.05, 0) is 31.5 Å². The maximum Gasteiger partial charge on any atom is 0.407 e. The molecule has 3 amide bonds. The average Bonchev–Trinajstić information content (AvgIpc) is 2.98. The van der Waals surface area contributed by atoms with Gasteiger partial charge in [0.25, 0.3) is 11.8 Å². The number of amides is 3. The molecule has 0 spiro atoms. The number of carbonyl (C=O) groups is 3. The van der Waals surface area contributed by atoms with Gasteiger partial charge in [-0.15, -0.1) is 0 Å². The van der Waals surface area contributed by atoms with Crippen LogP contribution in [0.3, 0.4) is 0 Å². The lowest BCUT2D eigenvalue weighted by atomic mass is 10.1. The molecular formula is C22H24N2O5. The van der Waals surface area contributed by atoms with E-state index in [-0.39, 0.29) is 37.7 Å². The van der Waals surface area contributed by atoms with E-state index in [1.165, 1.54) is 0 Å². The molecule has 1 N–H and O–H groups in total. The van der Waals surface area contributed by atoms with E-state index in [0.29, 0.717) is 11.1 Å². The lowest BCUT2D eigenvalue weighted by molar-refractivity contribution is 0.0228. The molecule has 1 aliphatic heterocycles. The van der Waals surface area contributed by atoms with Crippen LogP contribution in [0.5, 0.6) is 0 Å². The molecule has 1 heterocycles. The van der Waals surface area contributed by atoms with Crippen molar-refractivity contribution in [1.29, 1.82) is 0 Å². The van der Waals surface area contributed by atoms with Crippen LogP contribution in [-0.4, -0.2) is 48.1 Å². The highest BCUT2D eigenvalue weighted by Crippen LogP contribution is 2.24. The second kappa shape index (κ2) is 9.34. The van der Waals surface area contributed by atoms with Crippen molar-refractivity contribution >= 4 is 17.9 Å². The molecule has 0 saturated carbocycles. The van der Waals surface area contributed by atoms with Gasteiger partial charge in [-0.3, -0.25) is 14.5 Å². The molecule has 0 aliphatic carbocycles. The van der Waals surface area contributed by atoms with Crippen LogP contribution in [0.25, 0.3) is 0 Å². The maximum absolute atomic E-state index is 12.8. The van der Waals surface area contributed by atoms with Crippen LogP contribution < -0.4 is 5.32 Å². The van der Waals surface area contributed by atoms with E-state index in [9.17, 15) is 14.4 Å². The Labute approximate surface area is 169 Å². The van der Waals surface area contributed by atoms with Gasteiger partial charge in [0.1, 0.15) is 6.61 Å². The van der Waals surface area contributed by atoms with Crippen molar-refractivity contribution in [2.75, 3.05) is 13.2 Å². The fourth-order valence-corrected chi connectivity index (χ4v) is 3.04. The summed E-state index contributed by atoms with van der Waals surface area (Å²) in [5.74, 6) is -0.773. The second-order valence-electron chi connectivity index (χ2n) is 7.00. The Bertz CT molecular complexity index is 847. The standard InChI is InChI=1S/C22H24N2O5/c1-15(2)28-14-17(12-23-22(27)29-13-16-8-4-3-5-9-16)24-20(25)18-10-6-7-11-19(18)21(24)26/h3-11,15,17H,12-14H2,1-2H3,(H,23,27). The van der Waals surface area contributed by atoms with Gasteiger partial charge in [0, 0.05) is 6.54 Å². The summed E-state index contributed by atoms with van der Waals surface area (Å²) in [7, 11) is 0. The third-order valence-electron chi connectivity index (χ3n) is 4.51. The Balaban J connectivity index is 1.64. The summed E-state index contributed by atoms with van der Waals surface area (Å²) in [6, 6.07) is 15.3.